The molecular weight excluding hydrogens is 438 g/mol. The number of benzene rings is 2. The molecule has 1 N–H and O–H groups in total. The Labute approximate surface area is 198 Å². The first-order chi connectivity index (χ1) is 15.4. The van der Waals surface area contributed by atoms with E-state index in [-0.39, 0.29) is 11.1 Å². The van der Waals surface area contributed by atoms with E-state index in [0.717, 1.165) is 32.9 Å². The van der Waals surface area contributed by atoms with Crippen molar-refractivity contribution in [3.63, 3.8) is 0 Å². The molecular formula is C26H26ClN3O3. The molecule has 33 heavy (non-hydrogen) atoms. The predicted octanol–water partition coefficient (Wildman–Crippen LogP) is 5.25. The number of halogens is 1. The lowest BCUT2D eigenvalue weighted by Crippen LogP contribution is -2.54. The zero-order valence-corrected chi connectivity index (χ0v) is 20.3. The molecule has 170 valence electrons. The van der Waals surface area contributed by atoms with E-state index in [1.54, 1.807) is 12.1 Å². The molecule has 0 aromatic heterocycles. The predicted molar refractivity (Wildman–Crippen MR) is 133 cm³/mol. The minimum Gasteiger partial charge on any atom is -0.365 e. The van der Waals surface area contributed by atoms with Gasteiger partial charge in [0.25, 0.3) is 11.8 Å². The van der Waals surface area contributed by atoms with Crippen LogP contribution in [0.25, 0.3) is 11.6 Å². The average Bonchev–Trinajstić information content (AvgIpc) is 2.72. The molecule has 0 atom stereocenters. The summed E-state index contributed by atoms with van der Waals surface area (Å²) in [6.45, 7) is 9.99. The van der Waals surface area contributed by atoms with Crippen molar-refractivity contribution in [2.75, 3.05) is 16.8 Å². The van der Waals surface area contributed by atoms with Gasteiger partial charge in [0, 0.05) is 23.3 Å². The van der Waals surface area contributed by atoms with E-state index in [1.165, 1.54) is 6.08 Å². The number of imide groups is 2. The maximum Gasteiger partial charge on any atom is 0.335 e. The van der Waals surface area contributed by atoms with E-state index in [9.17, 15) is 14.4 Å². The summed E-state index contributed by atoms with van der Waals surface area (Å²) in [5, 5.41) is 2.69. The van der Waals surface area contributed by atoms with Crippen molar-refractivity contribution in [3.8, 4) is 0 Å². The van der Waals surface area contributed by atoms with E-state index in [1.807, 2.05) is 46.0 Å². The van der Waals surface area contributed by atoms with Crippen molar-refractivity contribution < 1.29 is 14.4 Å². The third-order valence-electron chi connectivity index (χ3n) is 6.55. The second kappa shape index (κ2) is 7.89. The van der Waals surface area contributed by atoms with Crippen LogP contribution >= 0.6 is 11.6 Å². The quantitative estimate of drug-likeness (QED) is 0.487. The number of carbonyl (C=O) groups is 3. The Morgan fingerprint density at radius 1 is 1.03 bits per heavy atom. The Morgan fingerprint density at radius 3 is 2.42 bits per heavy atom. The average molecular weight is 464 g/mol. The highest BCUT2D eigenvalue weighted by Crippen LogP contribution is 2.41. The zero-order valence-electron chi connectivity index (χ0n) is 19.5. The molecule has 0 aliphatic carbocycles. The van der Waals surface area contributed by atoms with E-state index in [4.69, 9.17) is 11.6 Å². The fourth-order valence-electron chi connectivity index (χ4n) is 4.31. The summed E-state index contributed by atoms with van der Waals surface area (Å²) < 4.78 is 0. The molecule has 2 aliphatic heterocycles. The molecule has 0 saturated carbocycles. The minimum atomic E-state index is -0.768. The first kappa shape index (κ1) is 22.8. The van der Waals surface area contributed by atoms with E-state index in [0.29, 0.717) is 16.3 Å². The number of hydrogen-bond acceptors (Lipinski definition) is 4. The minimum absolute atomic E-state index is 0.150. The number of nitrogens with one attached hydrogen (secondary N) is 1. The standard InChI is InChI=1S/C26H26ClN3O3/c1-14-8-7-9-21(16(14)3)30-24(32)19(23(31)28-25(30)33)11-17-10-18-15(2)13-26(4,5)29(6)22(18)12-20(17)27/h7-13H,1-6H3,(H,28,31,33)/b19-11+. The van der Waals surface area contributed by atoms with Gasteiger partial charge >= 0.3 is 6.03 Å². The first-order valence-electron chi connectivity index (χ1n) is 10.7. The summed E-state index contributed by atoms with van der Waals surface area (Å²) in [6.07, 6.45) is 3.62. The molecule has 1 saturated heterocycles. The van der Waals surface area contributed by atoms with Gasteiger partial charge in [-0.1, -0.05) is 29.8 Å². The van der Waals surface area contributed by atoms with Crippen molar-refractivity contribution in [1.82, 2.24) is 5.32 Å². The Kier molecular flexibility index (Phi) is 5.45. The van der Waals surface area contributed by atoms with Gasteiger partial charge in [0.2, 0.25) is 0 Å². The summed E-state index contributed by atoms with van der Waals surface area (Å²) >= 11 is 6.60. The molecule has 0 spiro atoms. The van der Waals surface area contributed by atoms with Crippen molar-refractivity contribution >= 4 is 52.5 Å². The molecule has 2 heterocycles. The Morgan fingerprint density at radius 2 is 1.73 bits per heavy atom. The number of hydrogen-bond donors (Lipinski definition) is 1. The number of amides is 4. The maximum absolute atomic E-state index is 13.3. The highest BCUT2D eigenvalue weighted by Gasteiger charge is 2.38. The molecule has 2 aliphatic rings. The number of urea groups is 1. The number of anilines is 2. The number of allylic oxidation sites excluding steroid dienone is 1. The number of nitrogens with zero attached hydrogens (tertiary/aromatic N) is 2. The van der Waals surface area contributed by atoms with Crippen LogP contribution in [0.4, 0.5) is 16.2 Å². The summed E-state index contributed by atoms with van der Waals surface area (Å²) in [4.78, 5) is 41.7. The fraction of sp³-hybridized carbons (Fsp3) is 0.269. The summed E-state index contributed by atoms with van der Waals surface area (Å²) in [6, 6.07) is 8.31. The monoisotopic (exact) mass is 463 g/mol. The van der Waals surface area contributed by atoms with Crippen LogP contribution in [-0.4, -0.2) is 30.4 Å². The van der Waals surface area contributed by atoms with Crippen LogP contribution < -0.4 is 15.1 Å². The lowest BCUT2D eigenvalue weighted by Gasteiger charge is -2.40. The van der Waals surface area contributed by atoms with Crippen molar-refractivity contribution in [2.45, 2.75) is 40.2 Å². The molecule has 2 aromatic rings. The van der Waals surface area contributed by atoms with E-state index in [2.05, 4.69) is 30.1 Å². The third kappa shape index (κ3) is 3.74. The Balaban J connectivity index is 1.81. The summed E-state index contributed by atoms with van der Waals surface area (Å²) in [5.74, 6) is -1.43. The molecule has 4 amide bonds. The van der Waals surface area contributed by atoms with Crippen LogP contribution in [-0.2, 0) is 9.59 Å². The van der Waals surface area contributed by atoms with Crippen molar-refractivity contribution in [1.29, 1.82) is 0 Å². The second-order valence-electron chi connectivity index (χ2n) is 9.11. The largest absolute Gasteiger partial charge is 0.365 e. The van der Waals surface area contributed by atoms with Crippen LogP contribution in [0.15, 0.2) is 42.0 Å². The van der Waals surface area contributed by atoms with Gasteiger partial charge < -0.3 is 4.90 Å². The van der Waals surface area contributed by atoms with Crippen LogP contribution in [0.1, 0.15) is 43.0 Å². The van der Waals surface area contributed by atoms with Crippen molar-refractivity contribution in [2.24, 2.45) is 0 Å². The van der Waals surface area contributed by atoms with Crippen molar-refractivity contribution in [3.05, 3.63) is 69.3 Å². The van der Waals surface area contributed by atoms with Crippen LogP contribution in [0.2, 0.25) is 5.02 Å². The number of barbiturate groups is 1. The molecule has 6 nitrogen and oxygen atoms in total. The smallest absolute Gasteiger partial charge is 0.335 e. The van der Waals surface area contributed by atoms with E-state index < -0.39 is 17.8 Å². The van der Waals surface area contributed by atoms with Crippen LogP contribution in [0.5, 0.6) is 0 Å². The Bertz CT molecular complexity index is 1290. The molecule has 0 radical (unpaired) electrons. The molecule has 2 aromatic carbocycles. The van der Waals surface area contributed by atoms with E-state index >= 15 is 0 Å². The lowest BCUT2D eigenvalue weighted by molar-refractivity contribution is -0.122. The van der Waals surface area contributed by atoms with Gasteiger partial charge in [-0.2, -0.15) is 0 Å². The molecule has 1 fully saturated rings. The van der Waals surface area contributed by atoms with Crippen LogP contribution in [0.3, 0.4) is 0 Å². The summed E-state index contributed by atoms with van der Waals surface area (Å²) in [5.41, 5.74) is 5.39. The lowest BCUT2D eigenvalue weighted by atomic mass is 9.88. The van der Waals surface area contributed by atoms with Gasteiger partial charge in [0.15, 0.2) is 0 Å². The number of aryl methyl sites for hydroxylation is 1. The number of carbonyl (C=O) groups excluding carboxylic acids is 3. The second-order valence-corrected chi connectivity index (χ2v) is 9.51. The highest BCUT2D eigenvalue weighted by atomic mass is 35.5. The Hall–Kier alpha value is -3.38. The third-order valence-corrected chi connectivity index (χ3v) is 6.88. The van der Waals surface area contributed by atoms with Gasteiger partial charge in [0.05, 0.1) is 11.2 Å². The van der Waals surface area contributed by atoms with Gasteiger partial charge in [-0.15, -0.1) is 0 Å². The SMILES string of the molecule is CC1=CC(C)(C)N(C)c2cc(Cl)c(/C=C3\C(=O)NC(=O)N(c4cccc(C)c4C)C3=O)cc21. The van der Waals surface area contributed by atoms with Crippen LogP contribution in [0, 0.1) is 13.8 Å². The molecule has 0 bridgehead atoms. The van der Waals surface area contributed by atoms with Gasteiger partial charge in [-0.05, 0) is 81.2 Å². The van der Waals surface area contributed by atoms with Gasteiger partial charge in [-0.25, -0.2) is 9.69 Å². The maximum atomic E-state index is 13.3. The topological polar surface area (TPSA) is 69.7 Å². The highest BCUT2D eigenvalue weighted by molar-refractivity contribution is 6.40. The number of likely N-dealkylation sites (N-methyl/N-ethyl adjacent to an activating group) is 1. The number of fused-ring (bicyclic) bond motifs is 1. The normalized spacial score (nSPS) is 18.9. The molecule has 0 unspecified atom stereocenters. The van der Waals surface area contributed by atoms with Gasteiger partial charge in [-0.3, -0.25) is 14.9 Å². The zero-order chi connectivity index (χ0) is 24.2. The van der Waals surface area contributed by atoms with Gasteiger partial charge in [0.1, 0.15) is 5.57 Å². The fourth-order valence-corrected chi connectivity index (χ4v) is 4.52. The molecule has 4 rings (SSSR count). The first-order valence-corrected chi connectivity index (χ1v) is 11.0. The summed E-state index contributed by atoms with van der Waals surface area (Å²) in [7, 11) is 2.00. The molecule has 7 heteroatoms. The number of rotatable bonds is 2.